The van der Waals surface area contributed by atoms with Crippen molar-refractivity contribution >= 4 is 11.4 Å². The second kappa shape index (κ2) is 4.00. The van der Waals surface area contributed by atoms with E-state index in [0.29, 0.717) is 0 Å². The maximum absolute atomic E-state index is 5.75. The summed E-state index contributed by atoms with van der Waals surface area (Å²) in [6.07, 6.45) is 1.13. The molecule has 1 rings (SSSR count). The van der Waals surface area contributed by atoms with Gasteiger partial charge in [-0.25, -0.2) is 0 Å². The molecule has 0 aliphatic carbocycles. The second-order valence-electron chi connectivity index (χ2n) is 3.00. The van der Waals surface area contributed by atoms with Crippen LogP contribution < -0.4 is 11.1 Å². The number of anilines is 2. The van der Waals surface area contributed by atoms with Gasteiger partial charge in [-0.1, -0.05) is 13.0 Å². The Hall–Kier alpha value is -1.18. The highest BCUT2D eigenvalue weighted by Gasteiger charge is 1.94. The van der Waals surface area contributed by atoms with Crippen LogP contribution in [0.2, 0.25) is 0 Å². The van der Waals surface area contributed by atoms with Gasteiger partial charge < -0.3 is 11.1 Å². The number of benzene rings is 1. The zero-order chi connectivity index (χ0) is 8.97. The van der Waals surface area contributed by atoms with Gasteiger partial charge in [-0.15, -0.1) is 0 Å². The molecule has 0 aromatic heterocycles. The Bertz CT molecular complexity index is 256. The highest BCUT2D eigenvalue weighted by atomic mass is 14.9. The van der Waals surface area contributed by atoms with Gasteiger partial charge in [0.25, 0.3) is 0 Å². The highest BCUT2D eigenvalue weighted by Crippen LogP contribution is 2.16. The minimum absolute atomic E-state index is 0.858. The lowest BCUT2D eigenvalue weighted by Gasteiger charge is -2.06. The van der Waals surface area contributed by atoms with E-state index in [1.54, 1.807) is 0 Å². The van der Waals surface area contributed by atoms with Crippen molar-refractivity contribution in [3.63, 3.8) is 0 Å². The first-order valence-corrected chi connectivity index (χ1v) is 4.34. The fourth-order valence-electron chi connectivity index (χ4n) is 1.02. The average molecular weight is 164 g/mol. The molecule has 0 heterocycles. The van der Waals surface area contributed by atoms with E-state index in [-0.39, 0.29) is 0 Å². The number of nitrogens with one attached hydrogen (secondary N) is 1. The maximum atomic E-state index is 5.75. The predicted octanol–water partition coefficient (Wildman–Crippen LogP) is 2.40. The second-order valence-corrected chi connectivity index (χ2v) is 3.00. The van der Waals surface area contributed by atoms with Crippen LogP contribution in [0, 0.1) is 6.92 Å². The first-order chi connectivity index (χ1) is 5.74. The molecule has 1 aromatic carbocycles. The van der Waals surface area contributed by atoms with Gasteiger partial charge in [-0.2, -0.15) is 0 Å². The summed E-state index contributed by atoms with van der Waals surface area (Å²) >= 11 is 0. The highest BCUT2D eigenvalue weighted by molar-refractivity contribution is 5.58. The average Bonchev–Trinajstić information content (AvgIpc) is 2.07. The van der Waals surface area contributed by atoms with Crippen LogP contribution in [0.15, 0.2) is 18.2 Å². The van der Waals surface area contributed by atoms with E-state index in [2.05, 4.69) is 18.3 Å². The lowest BCUT2D eigenvalue weighted by atomic mass is 10.2. The molecule has 2 heteroatoms. The van der Waals surface area contributed by atoms with Crippen LogP contribution in [0.3, 0.4) is 0 Å². The van der Waals surface area contributed by atoms with E-state index in [1.807, 2.05) is 19.1 Å². The van der Waals surface area contributed by atoms with Gasteiger partial charge in [0.1, 0.15) is 0 Å². The molecule has 0 atom stereocenters. The Morgan fingerprint density at radius 1 is 1.42 bits per heavy atom. The summed E-state index contributed by atoms with van der Waals surface area (Å²) in [6, 6.07) is 6.07. The third kappa shape index (κ3) is 2.16. The number of nitrogens with two attached hydrogens (primary N) is 1. The summed E-state index contributed by atoms with van der Waals surface area (Å²) in [5, 5.41) is 3.28. The fourth-order valence-corrected chi connectivity index (χ4v) is 1.02. The lowest BCUT2D eigenvalue weighted by Crippen LogP contribution is -2.00. The van der Waals surface area contributed by atoms with Crippen LogP contribution in [0.1, 0.15) is 18.9 Å². The molecule has 1 aromatic rings. The summed E-state index contributed by atoms with van der Waals surface area (Å²) in [7, 11) is 0. The Kier molecular flexibility index (Phi) is 2.97. The number of rotatable bonds is 3. The van der Waals surface area contributed by atoms with E-state index >= 15 is 0 Å². The molecule has 0 unspecified atom stereocenters. The van der Waals surface area contributed by atoms with E-state index < -0.39 is 0 Å². The molecule has 0 fully saturated rings. The Morgan fingerprint density at radius 2 is 2.17 bits per heavy atom. The summed E-state index contributed by atoms with van der Waals surface area (Å²) in [6.45, 7) is 5.16. The number of hydrogen-bond donors (Lipinski definition) is 2. The summed E-state index contributed by atoms with van der Waals surface area (Å²) in [4.78, 5) is 0. The van der Waals surface area contributed by atoms with Gasteiger partial charge in [0.2, 0.25) is 0 Å². The fraction of sp³-hybridized carbons (Fsp3) is 0.400. The molecule has 0 amide bonds. The quantitative estimate of drug-likeness (QED) is 0.673. The van der Waals surface area contributed by atoms with Crippen LogP contribution >= 0.6 is 0 Å². The van der Waals surface area contributed by atoms with Crippen molar-refractivity contribution in [3.05, 3.63) is 23.8 Å². The smallest absolute Gasteiger partial charge is 0.0364 e. The third-order valence-electron chi connectivity index (χ3n) is 1.86. The Labute approximate surface area is 73.8 Å². The largest absolute Gasteiger partial charge is 0.398 e. The normalized spacial score (nSPS) is 9.83. The summed E-state index contributed by atoms with van der Waals surface area (Å²) < 4.78 is 0. The molecule has 2 nitrogen and oxygen atoms in total. The molecule has 0 bridgehead atoms. The lowest BCUT2D eigenvalue weighted by molar-refractivity contribution is 0.980. The molecule has 0 saturated carbocycles. The summed E-state index contributed by atoms with van der Waals surface area (Å²) in [5.41, 5.74) is 8.86. The molecule has 0 aliphatic rings. The van der Waals surface area contributed by atoms with Gasteiger partial charge in [-0.3, -0.25) is 0 Å². The topological polar surface area (TPSA) is 38.0 Å². The Balaban J connectivity index is 2.69. The van der Waals surface area contributed by atoms with E-state index in [4.69, 9.17) is 5.73 Å². The first kappa shape index (κ1) is 8.91. The third-order valence-corrected chi connectivity index (χ3v) is 1.86. The predicted molar refractivity (Wildman–Crippen MR) is 54.4 cm³/mol. The van der Waals surface area contributed by atoms with Crippen molar-refractivity contribution in [1.82, 2.24) is 0 Å². The van der Waals surface area contributed by atoms with Crippen molar-refractivity contribution in [1.29, 1.82) is 0 Å². The zero-order valence-corrected chi connectivity index (χ0v) is 7.72. The first-order valence-electron chi connectivity index (χ1n) is 4.34. The van der Waals surface area contributed by atoms with Crippen LogP contribution in [0.4, 0.5) is 11.4 Å². The van der Waals surface area contributed by atoms with E-state index in [1.165, 1.54) is 0 Å². The molecular weight excluding hydrogens is 148 g/mol. The van der Waals surface area contributed by atoms with Gasteiger partial charge >= 0.3 is 0 Å². The van der Waals surface area contributed by atoms with Crippen LogP contribution in [-0.4, -0.2) is 6.54 Å². The number of hydrogen-bond acceptors (Lipinski definition) is 2. The van der Waals surface area contributed by atoms with Crippen LogP contribution in [0.25, 0.3) is 0 Å². The van der Waals surface area contributed by atoms with Gasteiger partial charge in [0.05, 0.1) is 0 Å². The molecule has 3 N–H and O–H groups in total. The van der Waals surface area contributed by atoms with Crippen molar-refractivity contribution < 1.29 is 0 Å². The molecule has 12 heavy (non-hydrogen) atoms. The molecule has 0 saturated heterocycles. The SMILES string of the molecule is CCCNc1ccc(C)c(N)c1. The van der Waals surface area contributed by atoms with Gasteiger partial charge in [-0.05, 0) is 31.0 Å². The van der Waals surface area contributed by atoms with E-state index in [0.717, 1.165) is 29.9 Å². The van der Waals surface area contributed by atoms with Crippen molar-refractivity contribution in [3.8, 4) is 0 Å². The number of nitrogen functional groups attached to an aromatic ring is 1. The van der Waals surface area contributed by atoms with E-state index in [9.17, 15) is 0 Å². The summed E-state index contributed by atoms with van der Waals surface area (Å²) in [5.74, 6) is 0. The van der Waals surface area contributed by atoms with Crippen LogP contribution in [-0.2, 0) is 0 Å². The molecule has 0 aliphatic heterocycles. The maximum Gasteiger partial charge on any atom is 0.0364 e. The van der Waals surface area contributed by atoms with Crippen molar-refractivity contribution in [2.75, 3.05) is 17.6 Å². The molecule has 66 valence electrons. The van der Waals surface area contributed by atoms with Crippen LogP contribution in [0.5, 0.6) is 0 Å². The minimum atomic E-state index is 0.858. The van der Waals surface area contributed by atoms with Crippen molar-refractivity contribution in [2.24, 2.45) is 0 Å². The standard InChI is InChI=1S/C10H16N2/c1-3-6-12-9-5-4-8(2)10(11)7-9/h4-5,7,12H,3,6,11H2,1-2H3. The van der Waals surface area contributed by atoms with Gasteiger partial charge in [0, 0.05) is 17.9 Å². The molecule has 0 radical (unpaired) electrons. The Morgan fingerprint density at radius 3 is 2.75 bits per heavy atom. The molecular formula is C10H16N2. The number of aryl methyl sites for hydroxylation is 1. The monoisotopic (exact) mass is 164 g/mol. The minimum Gasteiger partial charge on any atom is -0.398 e. The molecule has 0 spiro atoms. The van der Waals surface area contributed by atoms with Crippen molar-refractivity contribution in [2.45, 2.75) is 20.3 Å². The van der Waals surface area contributed by atoms with Gasteiger partial charge in [0.15, 0.2) is 0 Å². The zero-order valence-electron chi connectivity index (χ0n) is 7.72.